The maximum absolute atomic E-state index is 5.59. The molecule has 0 amide bonds. The monoisotopic (exact) mass is 520 g/mol. The third-order valence-corrected chi connectivity index (χ3v) is 8.40. The van der Waals surface area contributed by atoms with Crippen LogP contribution in [-0.4, -0.2) is 9.38 Å². The first-order valence-electron chi connectivity index (χ1n) is 14.1. The van der Waals surface area contributed by atoms with Crippen LogP contribution in [0, 0.1) is 13.8 Å². The summed E-state index contributed by atoms with van der Waals surface area (Å²) in [7, 11) is 2.18. The van der Waals surface area contributed by atoms with E-state index in [2.05, 4.69) is 148 Å². The average molecular weight is 521 g/mol. The molecule has 0 saturated heterocycles. The summed E-state index contributed by atoms with van der Waals surface area (Å²) in [6.45, 7) is 11.4. The summed E-state index contributed by atoms with van der Waals surface area (Å²) in [4.78, 5) is 5.59. The lowest BCUT2D eigenvalue weighted by Crippen LogP contribution is -2.27. The van der Waals surface area contributed by atoms with Crippen LogP contribution in [-0.2, 0) is 12.5 Å². The zero-order valence-corrected chi connectivity index (χ0v) is 24.1. The lowest BCUT2D eigenvalue weighted by Gasteiger charge is -2.22. The Kier molecular flexibility index (Phi) is 5.37. The number of aromatic nitrogens is 3. The van der Waals surface area contributed by atoms with E-state index in [-0.39, 0.29) is 5.41 Å². The van der Waals surface area contributed by atoms with Crippen molar-refractivity contribution in [1.29, 1.82) is 0 Å². The Balaban J connectivity index is 1.71. The van der Waals surface area contributed by atoms with E-state index in [1.807, 2.05) is 0 Å². The van der Waals surface area contributed by atoms with E-state index in [1.165, 1.54) is 66.4 Å². The predicted molar refractivity (Wildman–Crippen MR) is 168 cm³/mol. The van der Waals surface area contributed by atoms with Crippen molar-refractivity contribution < 1.29 is 4.57 Å². The summed E-state index contributed by atoms with van der Waals surface area (Å²) in [5.41, 5.74) is 14.3. The molecule has 0 unspecified atom stereocenters. The quantitative estimate of drug-likeness (QED) is 0.165. The number of benzene rings is 4. The summed E-state index contributed by atoms with van der Waals surface area (Å²) >= 11 is 0. The second-order valence-corrected chi connectivity index (χ2v) is 12.1. The normalized spacial score (nSPS) is 12.2. The van der Waals surface area contributed by atoms with Crippen LogP contribution in [0.2, 0.25) is 0 Å². The Morgan fingerprint density at radius 1 is 0.700 bits per heavy atom. The van der Waals surface area contributed by atoms with E-state index in [0.29, 0.717) is 0 Å². The molecule has 0 fully saturated rings. The summed E-state index contributed by atoms with van der Waals surface area (Å²) in [5, 5.41) is 2.44. The van der Waals surface area contributed by atoms with Gasteiger partial charge < -0.3 is 0 Å². The molecule has 0 atom stereocenters. The Bertz CT molecular complexity index is 2110. The fraction of sp³-hybridized carbons (Fsp3) is 0.189. The van der Waals surface area contributed by atoms with Crippen molar-refractivity contribution in [1.82, 2.24) is 9.38 Å². The smallest absolute Gasteiger partial charge is 0.247 e. The minimum Gasteiger partial charge on any atom is -0.247 e. The molecule has 0 radical (unpaired) electrons. The first-order valence-corrected chi connectivity index (χ1v) is 14.1. The highest BCUT2D eigenvalue weighted by Crippen LogP contribution is 2.41. The van der Waals surface area contributed by atoms with Gasteiger partial charge in [0, 0.05) is 5.56 Å². The van der Waals surface area contributed by atoms with E-state index < -0.39 is 0 Å². The van der Waals surface area contributed by atoms with Gasteiger partial charge in [0.1, 0.15) is 5.52 Å². The number of imidazole rings is 1. The Hall–Kier alpha value is -4.50. The van der Waals surface area contributed by atoms with E-state index in [1.54, 1.807) is 0 Å². The number of aryl methyl sites for hydroxylation is 3. The first kappa shape index (κ1) is 24.5. The van der Waals surface area contributed by atoms with Crippen molar-refractivity contribution in [2.75, 3.05) is 0 Å². The molecule has 40 heavy (non-hydrogen) atoms. The van der Waals surface area contributed by atoms with E-state index >= 15 is 0 Å². The van der Waals surface area contributed by atoms with Crippen LogP contribution in [0.1, 0.15) is 37.5 Å². The van der Waals surface area contributed by atoms with Gasteiger partial charge in [-0.1, -0.05) is 93.6 Å². The molecule has 0 aliphatic rings. The van der Waals surface area contributed by atoms with Crippen molar-refractivity contribution in [3.63, 3.8) is 0 Å². The lowest BCUT2D eigenvalue weighted by atomic mass is 9.83. The molecule has 3 heterocycles. The van der Waals surface area contributed by atoms with Gasteiger partial charge in [0.05, 0.1) is 29.0 Å². The van der Waals surface area contributed by atoms with Crippen molar-refractivity contribution >= 4 is 38.5 Å². The van der Waals surface area contributed by atoms with Crippen molar-refractivity contribution in [3.05, 3.63) is 114 Å². The molecule has 3 nitrogen and oxygen atoms in total. The summed E-state index contributed by atoms with van der Waals surface area (Å²) in [5.74, 6) is 0. The molecular formula is C37H34N3+. The summed E-state index contributed by atoms with van der Waals surface area (Å²) in [6, 6.07) is 35.0. The number of nitrogens with zero attached hydrogens (tertiary/aromatic N) is 3. The van der Waals surface area contributed by atoms with Crippen LogP contribution >= 0.6 is 0 Å². The fourth-order valence-electron chi connectivity index (χ4n) is 6.57. The molecule has 7 aromatic rings. The average Bonchev–Trinajstić information content (AvgIpc) is 3.25. The highest BCUT2D eigenvalue weighted by molar-refractivity contribution is 6.14. The largest absolute Gasteiger partial charge is 0.297 e. The SMILES string of the molecule is Cc1cccc(-c2ccccc2)c1-c1cc(C)c2c(n1)c1c(C(C)(C)C)cccc1n1c3ccccc3[n+](C)c21. The molecule has 0 spiro atoms. The highest BCUT2D eigenvalue weighted by Gasteiger charge is 2.29. The molecule has 0 bridgehead atoms. The van der Waals surface area contributed by atoms with Gasteiger partial charge in [-0.2, -0.15) is 4.40 Å². The van der Waals surface area contributed by atoms with Gasteiger partial charge in [0.2, 0.25) is 0 Å². The minimum absolute atomic E-state index is 0.0469. The van der Waals surface area contributed by atoms with Gasteiger partial charge in [-0.25, -0.2) is 9.55 Å². The first-order chi connectivity index (χ1) is 19.3. The van der Waals surface area contributed by atoms with Gasteiger partial charge in [-0.3, -0.25) is 0 Å². The van der Waals surface area contributed by atoms with Crippen LogP contribution < -0.4 is 4.57 Å². The molecule has 7 rings (SSSR count). The van der Waals surface area contributed by atoms with Gasteiger partial charge >= 0.3 is 0 Å². The standard InChI is InChI=1S/C37H34N3/c1-23-14-12-17-26(25-15-8-7-9-16-25)32(23)28-22-24(2)33-35(38-28)34-27(37(3,4)5)18-13-21-31(34)40-30-20-11-10-19-29(30)39(6)36(33)40/h7-22H,1-6H3/q+1. The van der Waals surface area contributed by atoms with Crippen LogP contribution in [0.25, 0.3) is 60.9 Å². The number of para-hydroxylation sites is 2. The topological polar surface area (TPSA) is 21.2 Å². The lowest BCUT2D eigenvalue weighted by molar-refractivity contribution is -0.617. The molecule has 0 aliphatic heterocycles. The molecule has 3 aromatic heterocycles. The number of pyridine rings is 2. The van der Waals surface area contributed by atoms with Crippen molar-refractivity contribution in [2.24, 2.45) is 7.05 Å². The third kappa shape index (κ3) is 3.50. The van der Waals surface area contributed by atoms with Gasteiger partial charge in [-0.15, -0.1) is 0 Å². The zero-order chi connectivity index (χ0) is 27.8. The van der Waals surface area contributed by atoms with Gasteiger partial charge in [-0.05, 0) is 71.3 Å². The van der Waals surface area contributed by atoms with Crippen molar-refractivity contribution in [2.45, 2.75) is 40.0 Å². The second kappa shape index (κ2) is 8.76. The molecule has 196 valence electrons. The molecule has 0 aliphatic carbocycles. The second-order valence-electron chi connectivity index (χ2n) is 12.1. The molecular weight excluding hydrogens is 486 g/mol. The molecule has 0 N–H and O–H groups in total. The van der Waals surface area contributed by atoms with Crippen LogP contribution in [0.15, 0.2) is 97.1 Å². The fourth-order valence-corrected chi connectivity index (χ4v) is 6.57. The van der Waals surface area contributed by atoms with Crippen LogP contribution in [0.4, 0.5) is 0 Å². The third-order valence-electron chi connectivity index (χ3n) is 8.40. The molecule has 3 heteroatoms. The van der Waals surface area contributed by atoms with Crippen LogP contribution in [0.3, 0.4) is 0 Å². The van der Waals surface area contributed by atoms with E-state index in [4.69, 9.17) is 4.98 Å². The Labute approximate surface area is 235 Å². The van der Waals surface area contributed by atoms with Crippen molar-refractivity contribution in [3.8, 4) is 22.4 Å². The molecule has 4 aromatic carbocycles. The predicted octanol–water partition coefficient (Wildman–Crippen LogP) is 8.87. The number of rotatable bonds is 2. The highest BCUT2D eigenvalue weighted by atomic mass is 15.1. The Morgan fingerprint density at radius 2 is 1.40 bits per heavy atom. The summed E-state index contributed by atoms with van der Waals surface area (Å²) in [6.07, 6.45) is 0. The maximum atomic E-state index is 5.59. The van der Waals surface area contributed by atoms with Gasteiger partial charge in [0.15, 0.2) is 11.0 Å². The van der Waals surface area contributed by atoms with E-state index in [9.17, 15) is 0 Å². The van der Waals surface area contributed by atoms with E-state index in [0.717, 1.165) is 11.2 Å². The van der Waals surface area contributed by atoms with Gasteiger partial charge in [0.25, 0.3) is 5.65 Å². The van der Waals surface area contributed by atoms with Crippen LogP contribution in [0.5, 0.6) is 0 Å². The minimum atomic E-state index is -0.0469. The summed E-state index contributed by atoms with van der Waals surface area (Å²) < 4.78 is 4.78. The maximum Gasteiger partial charge on any atom is 0.297 e. The number of hydrogen-bond acceptors (Lipinski definition) is 1. The number of fused-ring (bicyclic) bond motifs is 8. The number of hydrogen-bond donors (Lipinski definition) is 0. The Morgan fingerprint density at radius 3 is 2.17 bits per heavy atom. The zero-order valence-electron chi connectivity index (χ0n) is 24.1. The molecule has 0 saturated carbocycles.